The number of anilines is 1. The van der Waals surface area contributed by atoms with E-state index >= 15 is 0 Å². The van der Waals surface area contributed by atoms with Crippen molar-refractivity contribution in [2.45, 2.75) is 38.6 Å². The third-order valence-electron chi connectivity index (χ3n) is 5.17. The first-order valence-corrected chi connectivity index (χ1v) is 9.27. The summed E-state index contributed by atoms with van der Waals surface area (Å²) in [5, 5.41) is 7.65. The van der Waals surface area contributed by atoms with Crippen molar-refractivity contribution in [3.8, 4) is 0 Å². The number of pyridine rings is 1. The number of benzene rings is 1. The van der Waals surface area contributed by atoms with E-state index in [1.54, 1.807) is 12.3 Å². The van der Waals surface area contributed by atoms with Crippen molar-refractivity contribution < 1.29 is 4.79 Å². The van der Waals surface area contributed by atoms with Gasteiger partial charge in [0.1, 0.15) is 5.82 Å². The monoisotopic (exact) mass is 348 g/mol. The van der Waals surface area contributed by atoms with Crippen LogP contribution in [-0.2, 0) is 6.42 Å². The minimum Gasteiger partial charge on any atom is -0.367 e. The highest BCUT2D eigenvalue weighted by Crippen LogP contribution is 2.23. The van der Waals surface area contributed by atoms with Crippen LogP contribution in [0, 0.1) is 6.92 Å². The minimum atomic E-state index is -0.0541. The first-order chi connectivity index (χ1) is 12.7. The Morgan fingerprint density at radius 1 is 1.27 bits per heavy atom. The molecule has 2 heterocycles. The van der Waals surface area contributed by atoms with Gasteiger partial charge in [-0.1, -0.05) is 18.2 Å². The number of aromatic amines is 1. The van der Waals surface area contributed by atoms with E-state index in [0.717, 1.165) is 23.4 Å². The van der Waals surface area contributed by atoms with Gasteiger partial charge in [-0.3, -0.25) is 4.79 Å². The summed E-state index contributed by atoms with van der Waals surface area (Å²) in [5.74, 6) is 0.733. The molecule has 1 aliphatic carbocycles. The fourth-order valence-electron chi connectivity index (χ4n) is 3.47. The number of amides is 1. The number of fused-ring (bicyclic) bond motifs is 1. The minimum absolute atomic E-state index is 0.0541. The number of rotatable bonds is 6. The van der Waals surface area contributed by atoms with Gasteiger partial charge in [0.15, 0.2) is 0 Å². The molecule has 0 unspecified atom stereocenters. The summed E-state index contributed by atoms with van der Waals surface area (Å²) in [6.45, 7) is 2.69. The predicted octanol–water partition coefficient (Wildman–Crippen LogP) is 3.81. The first-order valence-electron chi connectivity index (χ1n) is 9.27. The third kappa shape index (κ3) is 3.43. The molecule has 0 spiro atoms. The molecular formula is C21H24N4O. The first kappa shape index (κ1) is 16.6. The van der Waals surface area contributed by atoms with Gasteiger partial charge in [0.2, 0.25) is 0 Å². The van der Waals surface area contributed by atoms with Crippen LogP contribution in [0.4, 0.5) is 5.82 Å². The fourth-order valence-corrected chi connectivity index (χ4v) is 3.47. The van der Waals surface area contributed by atoms with Gasteiger partial charge in [-0.25, -0.2) is 4.98 Å². The molecule has 5 nitrogen and oxygen atoms in total. The molecule has 3 aromatic rings. The zero-order valence-electron chi connectivity index (χ0n) is 15.0. The quantitative estimate of drug-likeness (QED) is 0.634. The Balaban J connectivity index is 1.37. The Hall–Kier alpha value is -2.82. The molecule has 0 saturated heterocycles. The molecule has 26 heavy (non-hydrogen) atoms. The largest absolute Gasteiger partial charge is 0.367 e. The highest BCUT2D eigenvalue weighted by molar-refractivity contribution is 5.94. The van der Waals surface area contributed by atoms with Gasteiger partial charge in [0.05, 0.1) is 0 Å². The number of H-pyrrole nitrogens is 1. The van der Waals surface area contributed by atoms with Gasteiger partial charge < -0.3 is 15.6 Å². The van der Waals surface area contributed by atoms with E-state index in [0.29, 0.717) is 18.2 Å². The van der Waals surface area contributed by atoms with Gasteiger partial charge in [-0.05, 0) is 56.4 Å². The van der Waals surface area contributed by atoms with Gasteiger partial charge >= 0.3 is 0 Å². The number of hydrogen-bond acceptors (Lipinski definition) is 3. The molecule has 0 bridgehead atoms. The Bertz CT molecular complexity index is 927. The van der Waals surface area contributed by atoms with E-state index in [2.05, 4.69) is 39.7 Å². The number of aromatic nitrogens is 2. The second-order valence-corrected chi connectivity index (χ2v) is 6.98. The zero-order valence-corrected chi connectivity index (χ0v) is 15.0. The van der Waals surface area contributed by atoms with Crippen LogP contribution >= 0.6 is 0 Å². The van der Waals surface area contributed by atoms with Gasteiger partial charge in [0, 0.05) is 40.9 Å². The van der Waals surface area contributed by atoms with E-state index in [1.807, 2.05) is 18.2 Å². The van der Waals surface area contributed by atoms with Crippen molar-refractivity contribution >= 4 is 22.6 Å². The number of nitrogens with zero attached hydrogens (tertiary/aromatic N) is 1. The number of aryl methyl sites for hydroxylation is 1. The van der Waals surface area contributed by atoms with Crippen LogP contribution in [0.15, 0.2) is 42.6 Å². The summed E-state index contributed by atoms with van der Waals surface area (Å²) >= 11 is 0. The molecular weight excluding hydrogens is 324 g/mol. The lowest BCUT2D eigenvalue weighted by Gasteiger charge is -2.26. The summed E-state index contributed by atoms with van der Waals surface area (Å²) in [6, 6.07) is 12.4. The standard InChI is InChI=1S/C21H24N4O/c1-14-17(18-7-2-3-8-19(18)24-14)10-12-23-21(26)15-9-11-22-20(13-15)25-16-5-4-6-16/h2-3,7-9,11,13,16,24H,4-6,10,12H2,1H3,(H,22,25)(H,23,26). The molecule has 4 rings (SSSR count). The van der Waals surface area contributed by atoms with Crippen molar-refractivity contribution in [2.75, 3.05) is 11.9 Å². The number of carbonyl (C=O) groups is 1. The molecule has 0 atom stereocenters. The van der Waals surface area contributed by atoms with Crippen molar-refractivity contribution in [2.24, 2.45) is 0 Å². The molecule has 3 N–H and O–H groups in total. The number of hydrogen-bond donors (Lipinski definition) is 3. The third-order valence-corrected chi connectivity index (χ3v) is 5.17. The Labute approximate surface area is 153 Å². The summed E-state index contributed by atoms with van der Waals surface area (Å²) in [7, 11) is 0. The Morgan fingerprint density at radius 2 is 2.12 bits per heavy atom. The van der Waals surface area contributed by atoms with Crippen LogP contribution < -0.4 is 10.6 Å². The van der Waals surface area contributed by atoms with E-state index < -0.39 is 0 Å². The highest BCUT2D eigenvalue weighted by Gasteiger charge is 2.18. The maximum Gasteiger partial charge on any atom is 0.251 e. The molecule has 1 saturated carbocycles. The van der Waals surface area contributed by atoms with Crippen LogP contribution in [0.3, 0.4) is 0 Å². The van der Waals surface area contributed by atoms with E-state index in [1.165, 1.54) is 30.2 Å². The summed E-state index contributed by atoms with van der Waals surface area (Å²) in [4.78, 5) is 20.2. The number of carbonyl (C=O) groups excluding carboxylic acids is 1. The van der Waals surface area contributed by atoms with Crippen LogP contribution in [-0.4, -0.2) is 28.5 Å². The van der Waals surface area contributed by atoms with Crippen LogP contribution in [0.2, 0.25) is 0 Å². The molecule has 1 aliphatic rings. The molecule has 1 fully saturated rings. The van der Waals surface area contributed by atoms with E-state index in [9.17, 15) is 4.79 Å². The summed E-state index contributed by atoms with van der Waals surface area (Å²) in [5.41, 5.74) is 4.23. The lowest BCUT2D eigenvalue weighted by atomic mass is 9.93. The van der Waals surface area contributed by atoms with Crippen molar-refractivity contribution in [1.82, 2.24) is 15.3 Å². The number of nitrogens with one attached hydrogen (secondary N) is 3. The number of para-hydroxylation sites is 1. The fraction of sp³-hybridized carbons (Fsp3) is 0.333. The van der Waals surface area contributed by atoms with Crippen LogP contribution in [0.25, 0.3) is 10.9 Å². The molecule has 134 valence electrons. The van der Waals surface area contributed by atoms with Crippen LogP contribution in [0.5, 0.6) is 0 Å². The molecule has 1 amide bonds. The van der Waals surface area contributed by atoms with Crippen molar-refractivity contribution in [3.63, 3.8) is 0 Å². The lowest BCUT2D eigenvalue weighted by Crippen LogP contribution is -2.28. The smallest absolute Gasteiger partial charge is 0.251 e. The van der Waals surface area contributed by atoms with Gasteiger partial charge in [-0.15, -0.1) is 0 Å². The lowest BCUT2D eigenvalue weighted by molar-refractivity contribution is 0.0954. The Kier molecular flexibility index (Phi) is 4.61. The normalized spacial score (nSPS) is 14.2. The maximum absolute atomic E-state index is 12.5. The molecule has 1 aromatic carbocycles. The second kappa shape index (κ2) is 7.20. The van der Waals surface area contributed by atoms with Gasteiger partial charge in [-0.2, -0.15) is 0 Å². The summed E-state index contributed by atoms with van der Waals surface area (Å²) < 4.78 is 0. The maximum atomic E-state index is 12.5. The average molecular weight is 348 g/mol. The SMILES string of the molecule is Cc1[nH]c2ccccc2c1CCNC(=O)c1ccnc(NC2CCC2)c1. The predicted molar refractivity (Wildman–Crippen MR) is 105 cm³/mol. The molecule has 0 aliphatic heterocycles. The highest BCUT2D eigenvalue weighted by atomic mass is 16.1. The zero-order chi connectivity index (χ0) is 17.9. The molecule has 5 heteroatoms. The van der Waals surface area contributed by atoms with E-state index in [-0.39, 0.29) is 5.91 Å². The van der Waals surface area contributed by atoms with Crippen LogP contribution in [0.1, 0.15) is 40.9 Å². The van der Waals surface area contributed by atoms with Crippen molar-refractivity contribution in [3.05, 3.63) is 59.4 Å². The average Bonchev–Trinajstić information content (AvgIpc) is 2.94. The van der Waals surface area contributed by atoms with E-state index in [4.69, 9.17) is 0 Å². The Morgan fingerprint density at radius 3 is 2.92 bits per heavy atom. The second-order valence-electron chi connectivity index (χ2n) is 6.98. The van der Waals surface area contributed by atoms with Gasteiger partial charge in [0.25, 0.3) is 5.91 Å². The van der Waals surface area contributed by atoms with Crippen molar-refractivity contribution in [1.29, 1.82) is 0 Å². The summed E-state index contributed by atoms with van der Waals surface area (Å²) in [6.07, 6.45) is 6.13. The molecule has 2 aromatic heterocycles. The molecule has 0 radical (unpaired) electrons. The topological polar surface area (TPSA) is 69.8 Å².